The van der Waals surface area contributed by atoms with E-state index in [2.05, 4.69) is 15.2 Å². The Morgan fingerprint density at radius 2 is 2.29 bits per heavy atom. The predicted molar refractivity (Wildman–Crippen MR) is 83.0 cm³/mol. The molecule has 0 bridgehead atoms. The number of nitrogens with zero attached hydrogens (tertiary/aromatic N) is 2. The Labute approximate surface area is 126 Å². The number of likely N-dealkylation sites (tertiary alicyclic amines) is 1. The van der Waals surface area contributed by atoms with Crippen LogP contribution in [0.3, 0.4) is 0 Å². The van der Waals surface area contributed by atoms with E-state index in [1.54, 1.807) is 6.20 Å². The lowest BCUT2D eigenvalue weighted by Gasteiger charge is -2.45. The van der Waals surface area contributed by atoms with Gasteiger partial charge in [0.15, 0.2) is 0 Å². The van der Waals surface area contributed by atoms with Gasteiger partial charge in [-0.15, -0.1) is 0 Å². The first-order chi connectivity index (χ1) is 10.2. The van der Waals surface area contributed by atoms with Crippen molar-refractivity contribution in [2.75, 3.05) is 26.2 Å². The summed E-state index contributed by atoms with van der Waals surface area (Å²) in [6, 6.07) is 3.95. The summed E-state index contributed by atoms with van der Waals surface area (Å²) in [5, 5.41) is 3.51. The lowest BCUT2D eigenvalue weighted by Crippen LogP contribution is -2.52. The van der Waals surface area contributed by atoms with E-state index in [-0.39, 0.29) is 5.91 Å². The van der Waals surface area contributed by atoms with Crippen LogP contribution in [0.2, 0.25) is 0 Å². The smallest absolute Gasteiger partial charge is 0.228 e. The standard InChI is InChI=1S/C17H25N3O/c1-14-5-2-9-19-15(14)11-16(21)20-10-4-7-17(13-20)6-3-8-18-12-17/h2,5,9,18H,3-4,6-8,10-13H2,1H3. The molecule has 1 atom stereocenters. The van der Waals surface area contributed by atoms with Crippen LogP contribution in [0, 0.1) is 12.3 Å². The number of aryl methyl sites for hydroxylation is 1. The summed E-state index contributed by atoms with van der Waals surface area (Å²) >= 11 is 0. The number of hydrogen-bond donors (Lipinski definition) is 1. The minimum absolute atomic E-state index is 0.237. The van der Waals surface area contributed by atoms with Crippen LogP contribution in [0.1, 0.15) is 36.9 Å². The highest BCUT2D eigenvalue weighted by molar-refractivity contribution is 5.78. The summed E-state index contributed by atoms with van der Waals surface area (Å²) in [5.41, 5.74) is 2.35. The first-order valence-corrected chi connectivity index (χ1v) is 8.08. The van der Waals surface area contributed by atoms with Gasteiger partial charge >= 0.3 is 0 Å². The first-order valence-electron chi connectivity index (χ1n) is 8.08. The van der Waals surface area contributed by atoms with E-state index in [1.165, 1.54) is 19.3 Å². The fourth-order valence-corrected chi connectivity index (χ4v) is 3.76. The van der Waals surface area contributed by atoms with Crippen molar-refractivity contribution in [1.82, 2.24) is 15.2 Å². The minimum Gasteiger partial charge on any atom is -0.342 e. The van der Waals surface area contributed by atoms with Crippen molar-refractivity contribution in [2.45, 2.75) is 39.0 Å². The van der Waals surface area contributed by atoms with Gasteiger partial charge in [0, 0.05) is 31.2 Å². The average Bonchev–Trinajstić information content (AvgIpc) is 2.50. The lowest BCUT2D eigenvalue weighted by molar-refractivity contribution is -0.134. The second-order valence-corrected chi connectivity index (χ2v) is 6.64. The van der Waals surface area contributed by atoms with Gasteiger partial charge in [0.05, 0.1) is 12.1 Å². The number of aromatic nitrogens is 1. The highest BCUT2D eigenvalue weighted by Crippen LogP contribution is 2.36. The molecule has 21 heavy (non-hydrogen) atoms. The topological polar surface area (TPSA) is 45.2 Å². The molecule has 2 aliphatic rings. The molecule has 1 N–H and O–H groups in total. The van der Waals surface area contributed by atoms with E-state index in [9.17, 15) is 4.79 Å². The van der Waals surface area contributed by atoms with E-state index in [1.807, 2.05) is 19.1 Å². The molecule has 1 aromatic rings. The third-order valence-corrected chi connectivity index (χ3v) is 5.01. The number of hydrogen-bond acceptors (Lipinski definition) is 3. The molecule has 2 saturated heterocycles. The van der Waals surface area contributed by atoms with Gasteiger partial charge in [0.2, 0.25) is 5.91 Å². The van der Waals surface area contributed by atoms with Crippen molar-refractivity contribution >= 4 is 5.91 Å². The zero-order valence-corrected chi connectivity index (χ0v) is 12.9. The molecule has 1 spiro atoms. The summed E-state index contributed by atoms with van der Waals surface area (Å²) in [6.07, 6.45) is 7.10. The van der Waals surface area contributed by atoms with Gasteiger partial charge in [-0.1, -0.05) is 6.07 Å². The maximum absolute atomic E-state index is 12.6. The van der Waals surface area contributed by atoms with Crippen molar-refractivity contribution in [1.29, 1.82) is 0 Å². The van der Waals surface area contributed by atoms with Crippen LogP contribution in [0.4, 0.5) is 0 Å². The van der Waals surface area contributed by atoms with E-state index >= 15 is 0 Å². The average molecular weight is 287 g/mol. The zero-order chi connectivity index (χ0) is 14.7. The Hall–Kier alpha value is -1.42. The van der Waals surface area contributed by atoms with Gasteiger partial charge in [-0.25, -0.2) is 0 Å². The van der Waals surface area contributed by atoms with E-state index in [0.717, 1.165) is 43.9 Å². The maximum atomic E-state index is 12.6. The lowest BCUT2D eigenvalue weighted by atomic mass is 9.74. The third-order valence-electron chi connectivity index (χ3n) is 5.01. The Balaban J connectivity index is 1.66. The van der Waals surface area contributed by atoms with Crippen LogP contribution >= 0.6 is 0 Å². The molecule has 1 aromatic heterocycles. The Morgan fingerprint density at radius 1 is 1.43 bits per heavy atom. The molecule has 0 saturated carbocycles. The predicted octanol–water partition coefficient (Wildman–Crippen LogP) is 1.92. The van der Waals surface area contributed by atoms with E-state index < -0.39 is 0 Å². The minimum atomic E-state index is 0.237. The largest absolute Gasteiger partial charge is 0.342 e. The maximum Gasteiger partial charge on any atom is 0.228 e. The second kappa shape index (κ2) is 6.14. The Bertz CT molecular complexity index is 503. The molecule has 3 rings (SSSR count). The van der Waals surface area contributed by atoms with Gasteiger partial charge in [0.25, 0.3) is 0 Å². The summed E-state index contributed by atoms with van der Waals surface area (Å²) in [5.74, 6) is 0.237. The molecule has 114 valence electrons. The van der Waals surface area contributed by atoms with Crippen molar-refractivity contribution in [3.63, 3.8) is 0 Å². The van der Waals surface area contributed by atoms with Gasteiger partial charge in [0.1, 0.15) is 0 Å². The number of piperidine rings is 2. The van der Waals surface area contributed by atoms with Crippen molar-refractivity contribution in [3.05, 3.63) is 29.6 Å². The molecule has 2 fully saturated rings. The van der Waals surface area contributed by atoms with Gasteiger partial charge < -0.3 is 10.2 Å². The highest BCUT2D eigenvalue weighted by Gasteiger charge is 2.37. The van der Waals surface area contributed by atoms with Crippen LogP contribution in [-0.4, -0.2) is 42.0 Å². The summed E-state index contributed by atoms with van der Waals surface area (Å²) in [4.78, 5) is 19.0. The number of carbonyl (C=O) groups is 1. The molecule has 0 aromatic carbocycles. The quantitative estimate of drug-likeness (QED) is 0.904. The Morgan fingerprint density at radius 3 is 3.05 bits per heavy atom. The van der Waals surface area contributed by atoms with Crippen LogP contribution < -0.4 is 5.32 Å². The van der Waals surface area contributed by atoms with Crippen molar-refractivity contribution < 1.29 is 4.79 Å². The van der Waals surface area contributed by atoms with Gasteiger partial charge in [-0.3, -0.25) is 9.78 Å². The molecule has 3 heterocycles. The molecule has 4 heteroatoms. The third kappa shape index (κ3) is 3.26. The highest BCUT2D eigenvalue weighted by atomic mass is 16.2. The number of carbonyl (C=O) groups excluding carboxylic acids is 1. The summed E-state index contributed by atoms with van der Waals surface area (Å²) in [7, 11) is 0. The van der Waals surface area contributed by atoms with E-state index in [0.29, 0.717) is 11.8 Å². The molecular formula is C17H25N3O. The summed E-state index contributed by atoms with van der Waals surface area (Å²) in [6.45, 7) is 6.05. The van der Waals surface area contributed by atoms with Gasteiger partial charge in [-0.05, 0) is 50.8 Å². The van der Waals surface area contributed by atoms with Crippen LogP contribution in [0.5, 0.6) is 0 Å². The summed E-state index contributed by atoms with van der Waals surface area (Å²) < 4.78 is 0. The number of rotatable bonds is 2. The van der Waals surface area contributed by atoms with E-state index in [4.69, 9.17) is 0 Å². The molecular weight excluding hydrogens is 262 g/mol. The molecule has 0 aliphatic carbocycles. The fourth-order valence-electron chi connectivity index (χ4n) is 3.76. The number of amides is 1. The molecule has 2 aliphatic heterocycles. The fraction of sp³-hybridized carbons (Fsp3) is 0.647. The van der Waals surface area contributed by atoms with Crippen molar-refractivity contribution in [3.8, 4) is 0 Å². The second-order valence-electron chi connectivity index (χ2n) is 6.64. The first kappa shape index (κ1) is 14.5. The Kier molecular flexibility index (Phi) is 4.24. The monoisotopic (exact) mass is 287 g/mol. The van der Waals surface area contributed by atoms with Crippen LogP contribution in [0.15, 0.2) is 18.3 Å². The van der Waals surface area contributed by atoms with Gasteiger partial charge in [-0.2, -0.15) is 0 Å². The number of nitrogens with one attached hydrogen (secondary N) is 1. The van der Waals surface area contributed by atoms with Crippen molar-refractivity contribution in [2.24, 2.45) is 5.41 Å². The molecule has 4 nitrogen and oxygen atoms in total. The number of pyridine rings is 1. The van der Waals surface area contributed by atoms with Crippen LogP contribution in [-0.2, 0) is 11.2 Å². The van der Waals surface area contributed by atoms with Crippen LogP contribution in [0.25, 0.3) is 0 Å². The normalized spacial score (nSPS) is 26.0. The zero-order valence-electron chi connectivity index (χ0n) is 12.9. The molecule has 1 amide bonds. The molecule has 1 unspecified atom stereocenters. The SMILES string of the molecule is Cc1cccnc1CC(=O)N1CCCC2(CCCNC2)C1. The molecule has 0 radical (unpaired) electrons.